The summed E-state index contributed by atoms with van der Waals surface area (Å²) in [5.41, 5.74) is 1.16. The minimum absolute atomic E-state index is 0.811. The van der Waals surface area contributed by atoms with Crippen LogP contribution >= 0.6 is 54.5 Å². The Morgan fingerprint density at radius 3 is 2.67 bits per heavy atom. The van der Waals surface area contributed by atoms with Crippen molar-refractivity contribution in [3.8, 4) is 5.75 Å². The predicted molar refractivity (Wildman–Crippen MR) is 66.0 cm³/mol. The monoisotopic (exact) mass is 404 g/mol. The van der Waals surface area contributed by atoms with E-state index in [0.717, 1.165) is 24.7 Å². The van der Waals surface area contributed by atoms with E-state index in [4.69, 9.17) is 4.74 Å². The van der Waals surface area contributed by atoms with E-state index in [0.29, 0.717) is 0 Å². The van der Waals surface area contributed by atoms with Gasteiger partial charge in [0.1, 0.15) is 5.75 Å². The van der Waals surface area contributed by atoms with E-state index in [1.54, 1.807) is 7.11 Å². The number of ether oxygens (including phenoxy) is 1. The first-order chi connectivity index (χ1) is 5.70. The van der Waals surface area contributed by atoms with E-state index in [2.05, 4.69) is 66.6 Å². The molecular formula is C8H7Br2IO. The summed E-state index contributed by atoms with van der Waals surface area (Å²) in [5.74, 6) is 0.916. The normalized spacial score (nSPS) is 10.0. The summed E-state index contributed by atoms with van der Waals surface area (Å²) in [4.78, 5) is 0. The lowest BCUT2D eigenvalue weighted by Crippen LogP contribution is -1.92. The molecule has 12 heavy (non-hydrogen) atoms. The molecule has 0 aliphatic heterocycles. The van der Waals surface area contributed by atoms with Crippen LogP contribution in [-0.2, 0) is 5.33 Å². The molecule has 0 fully saturated rings. The van der Waals surface area contributed by atoms with Crippen LogP contribution in [0.4, 0.5) is 0 Å². The Bertz CT molecular complexity index is 289. The fourth-order valence-corrected chi connectivity index (χ4v) is 2.31. The third-order valence-corrected chi connectivity index (χ3v) is 4.51. The van der Waals surface area contributed by atoms with Crippen LogP contribution in [0.15, 0.2) is 16.6 Å². The Morgan fingerprint density at radius 2 is 2.17 bits per heavy atom. The van der Waals surface area contributed by atoms with E-state index in [9.17, 15) is 0 Å². The van der Waals surface area contributed by atoms with Crippen molar-refractivity contribution < 1.29 is 4.74 Å². The molecule has 0 bridgehead atoms. The van der Waals surface area contributed by atoms with Gasteiger partial charge in [-0.1, -0.05) is 22.0 Å². The molecule has 1 nitrogen and oxygen atoms in total. The van der Waals surface area contributed by atoms with Crippen molar-refractivity contribution in [2.24, 2.45) is 0 Å². The van der Waals surface area contributed by atoms with Crippen molar-refractivity contribution in [3.63, 3.8) is 0 Å². The molecule has 1 aromatic rings. The van der Waals surface area contributed by atoms with Crippen LogP contribution < -0.4 is 4.74 Å². The van der Waals surface area contributed by atoms with Gasteiger partial charge in [0.05, 0.1) is 11.6 Å². The average molecular weight is 406 g/mol. The van der Waals surface area contributed by atoms with Crippen molar-refractivity contribution in [1.82, 2.24) is 0 Å². The maximum atomic E-state index is 5.27. The predicted octanol–water partition coefficient (Wildman–Crippen LogP) is 3.96. The molecule has 0 saturated heterocycles. The van der Waals surface area contributed by atoms with E-state index in [-0.39, 0.29) is 0 Å². The second-order valence-corrected chi connectivity index (χ2v) is 4.70. The van der Waals surface area contributed by atoms with Crippen LogP contribution in [0, 0.1) is 3.57 Å². The van der Waals surface area contributed by atoms with Gasteiger partial charge in [0, 0.05) is 14.5 Å². The lowest BCUT2D eigenvalue weighted by atomic mass is 10.2. The Balaban J connectivity index is 3.25. The first-order valence-electron chi connectivity index (χ1n) is 3.27. The summed E-state index contributed by atoms with van der Waals surface area (Å²) in [7, 11) is 1.68. The van der Waals surface area contributed by atoms with Gasteiger partial charge in [-0.15, -0.1) is 0 Å². The van der Waals surface area contributed by atoms with Crippen LogP contribution in [0.2, 0.25) is 0 Å². The summed E-state index contributed by atoms with van der Waals surface area (Å²) < 4.78 is 7.46. The molecule has 1 aromatic carbocycles. The summed E-state index contributed by atoms with van der Waals surface area (Å²) in [5, 5.41) is 0.811. The van der Waals surface area contributed by atoms with Gasteiger partial charge in [-0.05, 0) is 44.6 Å². The third kappa shape index (κ3) is 2.14. The number of methoxy groups -OCH3 is 1. The molecular weight excluding hydrogens is 399 g/mol. The van der Waals surface area contributed by atoms with Crippen molar-refractivity contribution in [1.29, 1.82) is 0 Å². The SMILES string of the molecule is COc1c(CBr)ccc(I)c1Br. The van der Waals surface area contributed by atoms with E-state index >= 15 is 0 Å². The number of halogens is 3. The van der Waals surface area contributed by atoms with Gasteiger partial charge in [-0.3, -0.25) is 0 Å². The van der Waals surface area contributed by atoms with Gasteiger partial charge in [-0.2, -0.15) is 0 Å². The van der Waals surface area contributed by atoms with Crippen molar-refractivity contribution in [3.05, 3.63) is 25.7 Å². The summed E-state index contributed by atoms with van der Waals surface area (Å²) in [6.45, 7) is 0. The number of rotatable bonds is 2. The van der Waals surface area contributed by atoms with Crippen molar-refractivity contribution >= 4 is 54.5 Å². The summed E-state index contributed by atoms with van der Waals surface area (Å²) in [6.07, 6.45) is 0. The zero-order valence-corrected chi connectivity index (χ0v) is 11.7. The molecule has 0 aliphatic carbocycles. The Morgan fingerprint density at radius 1 is 1.50 bits per heavy atom. The van der Waals surface area contributed by atoms with E-state index in [1.165, 1.54) is 0 Å². The molecule has 66 valence electrons. The first-order valence-corrected chi connectivity index (χ1v) is 6.27. The molecule has 0 heterocycles. The molecule has 0 amide bonds. The molecule has 0 saturated carbocycles. The molecule has 0 aliphatic rings. The molecule has 0 unspecified atom stereocenters. The zero-order chi connectivity index (χ0) is 9.14. The third-order valence-electron chi connectivity index (χ3n) is 1.48. The standard InChI is InChI=1S/C8H7Br2IO/c1-12-8-5(4-9)2-3-6(11)7(8)10/h2-3H,4H2,1H3. The lowest BCUT2D eigenvalue weighted by molar-refractivity contribution is 0.408. The highest BCUT2D eigenvalue weighted by molar-refractivity contribution is 14.1. The molecule has 1 rings (SSSR count). The lowest BCUT2D eigenvalue weighted by Gasteiger charge is -2.09. The van der Waals surface area contributed by atoms with Crippen molar-refractivity contribution in [2.75, 3.05) is 7.11 Å². The van der Waals surface area contributed by atoms with E-state index < -0.39 is 0 Å². The first kappa shape index (κ1) is 10.8. The van der Waals surface area contributed by atoms with Gasteiger partial charge >= 0.3 is 0 Å². The molecule has 0 radical (unpaired) electrons. The number of benzene rings is 1. The van der Waals surface area contributed by atoms with Crippen LogP contribution in [0.25, 0.3) is 0 Å². The quantitative estimate of drug-likeness (QED) is 0.534. The summed E-state index contributed by atoms with van der Waals surface area (Å²) in [6, 6.07) is 4.11. The largest absolute Gasteiger partial charge is 0.495 e. The van der Waals surface area contributed by atoms with Gasteiger partial charge in [0.2, 0.25) is 0 Å². The highest BCUT2D eigenvalue weighted by atomic mass is 127. The molecule has 0 N–H and O–H groups in total. The van der Waals surface area contributed by atoms with Crippen LogP contribution in [0.5, 0.6) is 5.75 Å². The molecule has 4 heteroatoms. The smallest absolute Gasteiger partial charge is 0.138 e. The van der Waals surface area contributed by atoms with Crippen molar-refractivity contribution in [2.45, 2.75) is 5.33 Å². The van der Waals surface area contributed by atoms with Gasteiger partial charge in [-0.25, -0.2) is 0 Å². The number of hydrogen-bond acceptors (Lipinski definition) is 1. The molecule has 0 aromatic heterocycles. The molecule has 0 spiro atoms. The maximum Gasteiger partial charge on any atom is 0.138 e. The van der Waals surface area contributed by atoms with Crippen LogP contribution in [0.1, 0.15) is 5.56 Å². The van der Waals surface area contributed by atoms with Gasteiger partial charge in [0.25, 0.3) is 0 Å². The summed E-state index contributed by atoms with van der Waals surface area (Å²) >= 11 is 9.15. The average Bonchev–Trinajstić information content (AvgIpc) is 2.09. The van der Waals surface area contributed by atoms with Gasteiger partial charge in [0.15, 0.2) is 0 Å². The number of alkyl halides is 1. The van der Waals surface area contributed by atoms with Crippen LogP contribution in [-0.4, -0.2) is 7.11 Å². The Hall–Kier alpha value is 0.710. The Kier molecular flexibility index (Phi) is 4.32. The van der Waals surface area contributed by atoms with Crippen LogP contribution in [0.3, 0.4) is 0 Å². The van der Waals surface area contributed by atoms with Gasteiger partial charge < -0.3 is 4.74 Å². The second kappa shape index (κ2) is 4.81. The fourth-order valence-electron chi connectivity index (χ4n) is 0.898. The van der Waals surface area contributed by atoms with E-state index in [1.807, 2.05) is 0 Å². The number of hydrogen-bond donors (Lipinski definition) is 0. The second-order valence-electron chi connectivity index (χ2n) is 2.19. The Labute approximate surface area is 102 Å². The topological polar surface area (TPSA) is 9.23 Å². The minimum Gasteiger partial charge on any atom is -0.495 e. The fraction of sp³-hybridized carbons (Fsp3) is 0.250. The molecule has 0 atom stereocenters. The highest BCUT2D eigenvalue weighted by Crippen LogP contribution is 2.34. The highest BCUT2D eigenvalue weighted by Gasteiger charge is 2.08. The minimum atomic E-state index is 0.811. The maximum absolute atomic E-state index is 5.27. The zero-order valence-electron chi connectivity index (χ0n) is 6.40.